The summed E-state index contributed by atoms with van der Waals surface area (Å²) in [5, 5.41) is 7.10. The summed E-state index contributed by atoms with van der Waals surface area (Å²) in [5.41, 5.74) is 1.58. The molecule has 1 aromatic carbocycles. The van der Waals surface area contributed by atoms with Gasteiger partial charge in [0.15, 0.2) is 11.4 Å². The van der Waals surface area contributed by atoms with Crippen molar-refractivity contribution in [3.05, 3.63) is 77.5 Å². The monoisotopic (exact) mass is 454 g/mol. The lowest BCUT2D eigenvalue weighted by molar-refractivity contribution is 0.102. The largest absolute Gasteiger partial charge is 0.485 e. The van der Waals surface area contributed by atoms with Crippen LogP contribution in [0.4, 0.5) is 14.5 Å². The first-order valence-corrected chi connectivity index (χ1v) is 10.4. The zero-order chi connectivity index (χ0) is 23.5. The summed E-state index contributed by atoms with van der Waals surface area (Å²) in [6.45, 7) is 2.92. The highest BCUT2D eigenvalue weighted by Gasteiger charge is 2.20. The zero-order valence-corrected chi connectivity index (χ0v) is 18.5. The topological polar surface area (TPSA) is 76.7 Å². The highest BCUT2D eigenvalue weighted by molar-refractivity contribution is 6.04. The smallest absolute Gasteiger partial charge is 0.274 e. The number of aromatic nitrogens is 4. The van der Waals surface area contributed by atoms with Crippen LogP contribution in [-0.2, 0) is 13.2 Å². The Morgan fingerprint density at radius 1 is 1.18 bits per heavy atom. The molecule has 0 saturated carbocycles. The third-order valence-corrected chi connectivity index (χ3v) is 5.10. The van der Waals surface area contributed by atoms with Gasteiger partial charge in [-0.05, 0) is 45.3 Å². The number of aryl methyl sites for hydroxylation is 1. The SMILES string of the molecule is Cc1nc2c(OCc3c(F)cccc3F)cccn2c1C(=O)Nc1cnn(CCN(C)C)c1. The maximum Gasteiger partial charge on any atom is 0.274 e. The maximum atomic E-state index is 13.9. The normalized spacial score (nSPS) is 11.3. The van der Waals surface area contributed by atoms with Crippen molar-refractivity contribution in [3.8, 4) is 5.75 Å². The summed E-state index contributed by atoms with van der Waals surface area (Å²) in [5.74, 6) is -1.43. The first kappa shape index (κ1) is 22.4. The molecule has 0 fully saturated rings. The van der Waals surface area contributed by atoms with Crippen LogP contribution in [0.15, 0.2) is 48.9 Å². The quantitative estimate of drug-likeness (QED) is 0.441. The van der Waals surface area contributed by atoms with E-state index in [1.54, 1.807) is 46.7 Å². The second-order valence-corrected chi connectivity index (χ2v) is 7.85. The van der Waals surface area contributed by atoms with Crippen molar-refractivity contribution < 1.29 is 18.3 Å². The number of imidazole rings is 1. The third kappa shape index (κ3) is 4.85. The van der Waals surface area contributed by atoms with E-state index in [0.717, 1.165) is 6.54 Å². The molecule has 0 aliphatic carbocycles. The Balaban J connectivity index is 1.54. The fraction of sp³-hybridized carbons (Fsp3) is 0.261. The van der Waals surface area contributed by atoms with Crippen LogP contribution in [0.1, 0.15) is 21.7 Å². The van der Waals surface area contributed by atoms with Crippen LogP contribution in [0.25, 0.3) is 5.65 Å². The van der Waals surface area contributed by atoms with Gasteiger partial charge in [-0.3, -0.25) is 13.9 Å². The highest BCUT2D eigenvalue weighted by atomic mass is 19.1. The number of fused-ring (bicyclic) bond motifs is 1. The highest BCUT2D eigenvalue weighted by Crippen LogP contribution is 2.24. The van der Waals surface area contributed by atoms with Crippen molar-refractivity contribution >= 4 is 17.2 Å². The number of nitrogens with one attached hydrogen (secondary N) is 1. The van der Waals surface area contributed by atoms with Crippen LogP contribution in [0, 0.1) is 18.6 Å². The number of hydrogen-bond acceptors (Lipinski definition) is 5. The number of benzene rings is 1. The Bertz CT molecular complexity index is 1280. The van der Waals surface area contributed by atoms with E-state index in [-0.39, 0.29) is 18.1 Å². The molecule has 10 heteroatoms. The summed E-state index contributed by atoms with van der Waals surface area (Å²) >= 11 is 0. The number of carbonyl (C=O) groups is 1. The molecule has 0 saturated heterocycles. The van der Waals surface area contributed by atoms with E-state index in [4.69, 9.17) is 4.74 Å². The number of pyridine rings is 1. The van der Waals surface area contributed by atoms with Crippen molar-refractivity contribution in [1.82, 2.24) is 24.1 Å². The first-order valence-electron chi connectivity index (χ1n) is 10.4. The molecule has 0 unspecified atom stereocenters. The van der Waals surface area contributed by atoms with Gasteiger partial charge in [0.25, 0.3) is 5.91 Å². The van der Waals surface area contributed by atoms with Gasteiger partial charge < -0.3 is 15.0 Å². The van der Waals surface area contributed by atoms with E-state index in [0.29, 0.717) is 35.0 Å². The molecular weight excluding hydrogens is 430 g/mol. The third-order valence-electron chi connectivity index (χ3n) is 5.10. The molecule has 0 aliphatic rings. The van der Waals surface area contributed by atoms with Gasteiger partial charge >= 0.3 is 0 Å². The van der Waals surface area contributed by atoms with Gasteiger partial charge in [-0.15, -0.1) is 0 Å². The fourth-order valence-corrected chi connectivity index (χ4v) is 3.41. The number of halogens is 2. The molecule has 1 amide bonds. The Morgan fingerprint density at radius 3 is 2.67 bits per heavy atom. The number of ether oxygens (including phenoxy) is 1. The summed E-state index contributed by atoms with van der Waals surface area (Å²) < 4.78 is 36.9. The second kappa shape index (κ2) is 9.37. The van der Waals surface area contributed by atoms with Crippen LogP contribution in [0.3, 0.4) is 0 Å². The number of anilines is 1. The van der Waals surface area contributed by atoms with Crippen molar-refractivity contribution in [1.29, 1.82) is 0 Å². The Hall–Kier alpha value is -3.79. The van der Waals surface area contributed by atoms with Gasteiger partial charge in [0.05, 0.1) is 29.7 Å². The minimum atomic E-state index is -0.687. The van der Waals surface area contributed by atoms with E-state index in [1.165, 1.54) is 18.2 Å². The van der Waals surface area contributed by atoms with Gasteiger partial charge in [-0.1, -0.05) is 6.07 Å². The van der Waals surface area contributed by atoms with E-state index in [1.807, 2.05) is 19.0 Å². The molecule has 0 aliphatic heterocycles. The summed E-state index contributed by atoms with van der Waals surface area (Å²) in [4.78, 5) is 19.5. The standard InChI is InChI=1S/C23H24F2N6O2/c1-15-21(23(32)28-16-12-26-30(13-16)11-10-29(2)3)31-9-5-8-20(22(31)27-15)33-14-17-18(24)6-4-7-19(17)25/h4-9,12-13H,10-11,14H2,1-3H3,(H,28,32). The van der Waals surface area contributed by atoms with E-state index in [9.17, 15) is 13.6 Å². The molecule has 1 N–H and O–H groups in total. The molecule has 4 rings (SSSR count). The van der Waals surface area contributed by atoms with Gasteiger partial charge in [0.1, 0.15) is 23.9 Å². The predicted molar refractivity (Wildman–Crippen MR) is 119 cm³/mol. The molecule has 0 radical (unpaired) electrons. The molecule has 4 aromatic rings. The number of likely N-dealkylation sites (N-methyl/N-ethyl adjacent to an activating group) is 1. The predicted octanol–water partition coefficient (Wildman–Crippen LogP) is 3.51. The lowest BCUT2D eigenvalue weighted by Gasteiger charge is -2.10. The molecule has 3 heterocycles. The van der Waals surface area contributed by atoms with Gasteiger partial charge in [-0.25, -0.2) is 13.8 Å². The lowest BCUT2D eigenvalue weighted by Crippen LogP contribution is -2.18. The average molecular weight is 454 g/mol. The molecule has 3 aromatic heterocycles. The van der Waals surface area contributed by atoms with Crippen LogP contribution < -0.4 is 10.1 Å². The van der Waals surface area contributed by atoms with Crippen molar-refractivity contribution in [3.63, 3.8) is 0 Å². The number of amides is 1. The fourth-order valence-electron chi connectivity index (χ4n) is 3.41. The molecular formula is C23H24F2N6O2. The van der Waals surface area contributed by atoms with Gasteiger partial charge in [0.2, 0.25) is 0 Å². The molecule has 172 valence electrons. The van der Waals surface area contributed by atoms with E-state index >= 15 is 0 Å². The minimum Gasteiger partial charge on any atom is -0.485 e. The number of rotatable bonds is 8. The van der Waals surface area contributed by atoms with Crippen LogP contribution in [-0.4, -0.2) is 50.6 Å². The average Bonchev–Trinajstić information content (AvgIpc) is 3.35. The van der Waals surface area contributed by atoms with Crippen LogP contribution in [0.2, 0.25) is 0 Å². The van der Waals surface area contributed by atoms with Crippen LogP contribution in [0.5, 0.6) is 5.75 Å². The van der Waals surface area contributed by atoms with Crippen molar-refractivity contribution in [2.24, 2.45) is 0 Å². The summed E-state index contributed by atoms with van der Waals surface area (Å²) in [6, 6.07) is 6.96. The van der Waals surface area contributed by atoms with E-state index < -0.39 is 11.6 Å². The molecule has 0 bridgehead atoms. The molecule has 8 nitrogen and oxygen atoms in total. The Labute approximate surface area is 189 Å². The van der Waals surface area contributed by atoms with Crippen LogP contribution >= 0.6 is 0 Å². The summed E-state index contributed by atoms with van der Waals surface area (Å²) in [6.07, 6.45) is 5.03. The lowest BCUT2D eigenvalue weighted by atomic mass is 10.2. The number of carbonyl (C=O) groups excluding carboxylic acids is 1. The minimum absolute atomic E-state index is 0.174. The first-order chi connectivity index (χ1) is 15.8. The van der Waals surface area contributed by atoms with Gasteiger partial charge in [0, 0.05) is 18.9 Å². The van der Waals surface area contributed by atoms with Gasteiger partial charge in [-0.2, -0.15) is 5.10 Å². The van der Waals surface area contributed by atoms with Crippen molar-refractivity contribution in [2.45, 2.75) is 20.1 Å². The molecule has 0 spiro atoms. The van der Waals surface area contributed by atoms with E-state index in [2.05, 4.69) is 15.4 Å². The number of hydrogen-bond donors (Lipinski definition) is 1. The van der Waals surface area contributed by atoms with Crippen molar-refractivity contribution in [2.75, 3.05) is 26.0 Å². The molecule has 0 atom stereocenters. The zero-order valence-electron chi connectivity index (χ0n) is 18.5. The number of nitrogens with zero attached hydrogens (tertiary/aromatic N) is 5. The maximum absolute atomic E-state index is 13.9. The molecule has 33 heavy (non-hydrogen) atoms. The Kier molecular flexibility index (Phi) is 6.36. The Morgan fingerprint density at radius 2 is 1.94 bits per heavy atom. The summed E-state index contributed by atoms with van der Waals surface area (Å²) in [7, 11) is 3.95. The second-order valence-electron chi connectivity index (χ2n) is 7.85.